The molecule has 1 aliphatic rings. The molecule has 1 atom stereocenters. The lowest BCUT2D eigenvalue weighted by atomic mass is 10.0. The van der Waals surface area contributed by atoms with Crippen molar-refractivity contribution in [2.24, 2.45) is 0 Å². The minimum Gasteiger partial charge on any atom is -1.00 e. The number of benzene rings is 1. The summed E-state index contributed by atoms with van der Waals surface area (Å²) in [6.07, 6.45) is 10.4. The van der Waals surface area contributed by atoms with Crippen LogP contribution in [0.2, 0.25) is 0 Å². The summed E-state index contributed by atoms with van der Waals surface area (Å²) >= 11 is 0. The van der Waals surface area contributed by atoms with Crippen molar-refractivity contribution in [3.05, 3.63) is 29.8 Å². The SMILES string of the molecule is CCCC[N+]1(CCCC(O)c2ccc(NS(C)(=O)=O)cc2)CCCCCC1.[Br-]. The van der Waals surface area contributed by atoms with Crippen molar-refractivity contribution in [3.63, 3.8) is 0 Å². The third-order valence-corrected chi connectivity index (χ3v) is 6.32. The number of aliphatic hydroxyl groups is 1. The van der Waals surface area contributed by atoms with E-state index in [0.29, 0.717) is 5.69 Å². The number of quaternary nitrogens is 1. The number of sulfonamides is 1. The number of anilines is 1. The maximum atomic E-state index is 11.3. The Hall–Kier alpha value is -0.630. The van der Waals surface area contributed by atoms with Gasteiger partial charge in [-0.15, -0.1) is 0 Å². The van der Waals surface area contributed by atoms with Crippen LogP contribution in [0.3, 0.4) is 0 Å². The summed E-state index contributed by atoms with van der Waals surface area (Å²) in [6.45, 7) is 7.29. The van der Waals surface area contributed by atoms with E-state index in [9.17, 15) is 13.5 Å². The predicted molar refractivity (Wildman–Crippen MR) is 112 cm³/mol. The van der Waals surface area contributed by atoms with Crippen LogP contribution in [-0.2, 0) is 10.0 Å². The molecular weight excluding hydrogens is 440 g/mol. The Labute approximate surface area is 181 Å². The van der Waals surface area contributed by atoms with E-state index in [2.05, 4.69) is 11.6 Å². The van der Waals surface area contributed by atoms with Crippen molar-refractivity contribution in [3.8, 4) is 0 Å². The Kier molecular flexibility index (Phi) is 11.0. The van der Waals surface area contributed by atoms with Crippen molar-refractivity contribution >= 4 is 15.7 Å². The smallest absolute Gasteiger partial charge is 0.229 e. The molecule has 0 aromatic heterocycles. The number of aliphatic hydroxyl groups excluding tert-OH is 1. The Bertz CT molecular complexity index is 657. The number of nitrogens with zero attached hydrogens (tertiary/aromatic N) is 1. The summed E-state index contributed by atoms with van der Waals surface area (Å²) in [7, 11) is -3.27. The van der Waals surface area contributed by atoms with Crippen LogP contribution >= 0.6 is 0 Å². The van der Waals surface area contributed by atoms with E-state index in [1.54, 1.807) is 12.1 Å². The highest BCUT2D eigenvalue weighted by molar-refractivity contribution is 7.92. The second kappa shape index (κ2) is 12.2. The van der Waals surface area contributed by atoms with Gasteiger partial charge in [0.15, 0.2) is 0 Å². The number of unbranched alkanes of at least 4 members (excludes halogenated alkanes) is 1. The lowest BCUT2D eigenvalue weighted by Gasteiger charge is -2.38. The fraction of sp³-hybridized carbons (Fsp3) is 0.714. The van der Waals surface area contributed by atoms with Gasteiger partial charge >= 0.3 is 0 Å². The highest BCUT2D eigenvalue weighted by atomic mass is 79.9. The molecule has 0 radical (unpaired) electrons. The van der Waals surface area contributed by atoms with Crippen molar-refractivity contribution in [1.29, 1.82) is 0 Å². The molecule has 1 unspecified atom stereocenters. The van der Waals surface area contributed by atoms with Gasteiger partial charge in [0.2, 0.25) is 10.0 Å². The molecule has 28 heavy (non-hydrogen) atoms. The van der Waals surface area contributed by atoms with Crippen molar-refractivity contribution in [2.75, 3.05) is 37.2 Å². The number of nitrogens with one attached hydrogen (secondary N) is 1. The lowest BCUT2D eigenvalue weighted by molar-refractivity contribution is -0.928. The Balaban J connectivity index is 0.00000392. The molecule has 7 heteroatoms. The molecule has 1 aromatic rings. The van der Waals surface area contributed by atoms with Crippen molar-refractivity contribution < 1.29 is 35.0 Å². The van der Waals surface area contributed by atoms with Gasteiger partial charge in [0.25, 0.3) is 0 Å². The van der Waals surface area contributed by atoms with E-state index in [4.69, 9.17) is 0 Å². The van der Waals surface area contributed by atoms with Gasteiger partial charge in [-0.05, 0) is 62.6 Å². The Morgan fingerprint density at radius 3 is 2.14 bits per heavy atom. The first-order valence-electron chi connectivity index (χ1n) is 10.4. The standard InChI is InChI=1S/C21H37N2O3S.BrH/c1-3-4-15-23(16-7-5-6-8-17-23)18-9-10-21(24)19-11-13-20(14-12-19)22-27(2,25)26;/h11-14,21-22,24H,3-10,15-18H2,1-2H3;1H/q+1;/p-1. The first kappa shape index (κ1) is 25.4. The van der Waals surface area contributed by atoms with Crippen LogP contribution in [-0.4, -0.2) is 50.4 Å². The second-order valence-corrected chi connectivity index (χ2v) is 9.91. The number of hydrogen-bond acceptors (Lipinski definition) is 3. The Morgan fingerprint density at radius 2 is 1.61 bits per heavy atom. The summed E-state index contributed by atoms with van der Waals surface area (Å²) in [5, 5.41) is 10.5. The van der Waals surface area contributed by atoms with Gasteiger partial charge < -0.3 is 26.6 Å². The van der Waals surface area contributed by atoms with E-state index in [1.165, 1.54) is 62.6 Å². The van der Waals surface area contributed by atoms with Crippen LogP contribution in [0.4, 0.5) is 5.69 Å². The van der Waals surface area contributed by atoms with E-state index >= 15 is 0 Å². The average Bonchev–Trinajstić information content (AvgIpc) is 2.85. The maximum absolute atomic E-state index is 11.3. The zero-order valence-corrected chi connectivity index (χ0v) is 19.8. The normalized spacial score (nSPS) is 18.0. The first-order valence-corrected chi connectivity index (χ1v) is 12.3. The summed E-state index contributed by atoms with van der Waals surface area (Å²) in [6, 6.07) is 7.05. The largest absolute Gasteiger partial charge is 1.00 e. The molecule has 2 rings (SSSR count). The van der Waals surface area contributed by atoms with Crippen LogP contribution in [0.1, 0.15) is 70.0 Å². The molecule has 0 saturated carbocycles. The van der Waals surface area contributed by atoms with E-state index in [0.717, 1.165) is 31.2 Å². The molecular formula is C21H37BrN2O3S. The van der Waals surface area contributed by atoms with Gasteiger partial charge in [-0.1, -0.05) is 25.5 Å². The van der Waals surface area contributed by atoms with Crippen LogP contribution in [0.5, 0.6) is 0 Å². The van der Waals surface area contributed by atoms with E-state index in [1.807, 2.05) is 12.1 Å². The molecule has 5 nitrogen and oxygen atoms in total. The predicted octanol–water partition coefficient (Wildman–Crippen LogP) is 1.07. The highest BCUT2D eigenvalue weighted by Gasteiger charge is 2.27. The van der Waals surface area contributed by atoms with Gasteiger partial charge in [-0.25, -0.2) is 8.42 Å². The van der Waals surface area contributed by atoms with Crippen LogP contribution in [0, 0.1) is 0 Å². The third-order valence-electron chi connectivity index (χ3n) is 5.71. The summed E-state index contributed by atoms with van der Waals surface area (Å²) in [4.78, 5) is 0. The molecule has 1 aliphatic heterocycles. The van der Waals surface area contributed by atoms with Gasteiger partial charge in [-0.3, -0.25) is 4.72 Å². The third kappa shape index (κ3) is 8.80. The average molecular weight is 478 g/mol. The number of hydrogen-bond donors (Lipinski definition) is 2. The van der Waals surface area contributed by atoms with Gasteiger partial charge in [-0.2, -0.15) is 0 Å². The quantitative estimate of drug-likeness (QED) is 0.496. The summed E-state index contributed by atoms with van der Waals surface area (Å²) in [5.41, 5.74) is 1.38. The molecule has 0 bridgehead atoms. The van der Waals surface area contributed by atoms with Crippen molar-refractivity contribution in [2.45, 2.75) is 64.4 Å². The summed E-state index contributed by atoms with van der Waals surface area (Å²) in [5.74, 6) is 0. The Morgan fingerprint density at radius 1 is 1.04 bits per heavy atom. The molecule has 1 saturated heterocycles. The topological polar surface area (TPSA) is 66.4 Å². The van der Waals surface area contributed by atoms with Gasteiger partial charge in [0.05, 0.1) is 38.5 Å². The molecule has 0 amide bonds. The molecule has 162 valence electrons. The molecule has 1 aromatic carbocycles. The van der Waals surface area contributed by atoms with E-state index in [-0.39, 0.29) is 17.0 Å². The van der Waals surface area contributed by atoms with E-state index < -0.39 is 16.1 Å². The number of likely N-dealkylation sites (tertiary alicyclic amines) is 1. The fourth-order valence-corrected chi connectivity index (χ4v) is 4.75. The minimum atomic E-state index is -3.27. The van der Waals surface area contributed by atoms with Crippen LogP contribution in [0.25, 0.3) is 0 Å². The maximum Gasteiger partial charge on any atom is 0.229 e. The number of rotatable bonds is 10. The summed E-state index contributed by atoms with van der Waals surface area (Å²) < 4.78 is 26.2. The van der Waals surface area contributed by atoms with Gasteiger partial charge in [0.1, 0.15) is 0 Å². The fourth-order valence-electron chi connectivity index (χ4n) is 4.19. The molecule has 1 heterocycles. The lowest BCUT2D eigenvalue weighted by Crippen LogP contribution is -3.00. The molecule has 0 aliphatic carbocycles. The minimum absolute atomic E-state index is 0. The molecule has 2 N–H and O–H groups in total. The zero-order chi connectivity index (χ0) is 19.8. The van der Waals surface area contributed by atoms with Crippen LogP contribution < -0.4 is 21.7 Å². The molecule has 0 spiro atoms. The van der Waals surface area contributed by atoms with Crippen LogP contribution in [0.15, 0.2) is 24.3 Å². The first-order chi connectivity index (χ1) is 12.8. The second-order valence-electron chi connectivity index (χ2n) is 8.16. The van der Waals surface area contributed by atoms with Gasteiger partial charge in [0, 0.05) is 5.69 Å². The van der Waals surface area contributed by atoms with Crippen molar-refractivity contribution in [1.82, 2.24) is 0 Å². The molecule has 1 fully saturated rings. The zero-order valence-electron chi connectivity index (χ0n) is 17.4. The number of halogens is 1. The highest BCUT2D eigenvalue weighted by Crippen LogP contribution is 2.24. The monoisotopic (exact) mass is 476 g/mol.